The van der Waals surface area contributed by atoms with Crippen LogP contribution >= 0.6 is 0 Å². The van der Waals surface area contributed by atoms with E-state index in [2.05, 4.69) is 5.32 Å². The van der Waals surface area contributed by atoms with Crippen molar-refractivity contribution in [1.82, 2.24) is 5.32 Å². The van der Waals surface area contributed by atoms with E-state index in [0.717, 1.165) is 12.1 Å². The largest absolute Gasteiger partial charge is 0.419 e. The highest BCUT2D eigenvalue weighted by Crippen LogP contribution is 2.31. The molecule has 2 N–H and O–H groups in total. The lowest BCUT2D eigenvalue weighted by atomic mass is 10.0. The van der Waals surface area contributed by atoms with Crippen molar-refractivity contribution in [3.05, 3.63) is 35.1 Å². The summed E-state index contributed by atoms with van der Waals surface area (Å²) in [6, 6.07) is 2.69. The van der Waals surface area contributed by atoms with E-state index in [9.17, 15) is 17.6 Å². The molecule has 108 valence electrons. The summed E-state index contributed by atoms with van der Waals surface area (Å²) in [6.45, 7) is 3.82. The Morgan fingerprint density at radius 2 is 1.89 bits per heavy atom. The minimum absolute atomic E-state index is 0.106. The van der Waals surface area contributed by atoms with Gasteiger partial charge in [-0.25, -0.2) is 4.39 Å². The second-order valence-electron chi connectivity index (χ2n) is 4.73. The van der Waals surface area contributed by atoms with Crippen molar-refractivity contribution in [3.8, 4) is 0 Å². The third-order valence-electron chi connectivity index (χ3n) is 2.91. The van der Waals surface area contributed by atoms with Gasteiger partial charge in [0.2, 0.25) is 0 Å². The van der Waals surface area contributed by atoms with Crippen molar-refractivity contribution < 1.29 is 22.7 Å². The van der Waals surface area contributed by atoms with E-state index in [4.69, 9.17) is 5.11 Å². The molecule has 0 aromatic heterocycles. The molecule has 6 heteroatoms. The Hall–Kier alpha value is -1.14. The smallest absolute Gasteiger partial charge is 0.395 e. The van der Waals surface area contributed by atoms with E-state index in [1.54, 1.807) is 0 Å². The first-order valence-electron chi connectivity index (χ1n) is 5.95. The van der Waals surface area contributed by atoms with Gasteiger partial charge in [0, 0.05) is 12.6 Å². The minimum Gasteiger partial charge on any atom is -0.395 e. The van der Waals surface area contributed by atoms with Gasteiger partial charge in [-0.1, -0.05) is 19.9 Å². The van der Waals surface area contributed by atoms with E-state index >= 15 is 0 Å². The van der Waals surface area contributed by atoms with Gasteiger partial charge in [0.15, 0.2) is 0 Å². The van der Waals surface area contributed by atoms with Crippen LogP contribution < -0.4 is 5.32 Å². The standard InChI is InChI=1S/C13H17F4NO/c1-8(2)12(7-19)18-6-9-3-4-11(14)10(5-9)13(15,16)17/h3-5,8,12,18-19H,6-7H2,1-2H3/t12-/m1/s1. The maximum Gasteiger partial charge on any atom is 0.419 e. The summed E-state index contributed by atoms with van der Waals surface area (Å²) >= 11 is 0. The maximum absolute atomic E-state index is 13.1. The predicted molar refractivity (Wildman–Crippen MR) is 64.0 cm³/mol. The Balaban J connectivity index is 2.81. The summed E-state index contributed by atoms with van der Waals surface area (Å²) in [5.41, 5.74) is -0.940. The molecule has 0 aliphatic heterocycles. The monoisotopic (exact) mass is 279 g/mol. The molecular weight excluding hydrogens is 262 g/mol. The molecule has 2 nitrogen and oxygen atoms in total. The van der Waals surface area contributed by atoms with Crippen molar-refractivity contribution in [2.75, 3.05) is 6.61 Å². The molecular formula is C13H17F4NO. The third-order valence-corrected chi connectivity index (χ3v) is 2.91. The predicted octanol–water partition coefficient (Wildman–Crippen LogP) is 2.95. The Morgan fingerprint density at radius 1 is 1.26 bits per heavy atom. The van der Waals surface area contributed by atoms with Crippen molar-refractivity contribution in [1.29, 1.82) is 0 Å². The SMILES string of the molecule is CC(C)[C@@H](CO)NCc1ccc(F)c(C(F)(F)F)c1. The van der Waals surface area contributed by atoms with E-state index in [-0.39, 0.29) is 25.1 Å². The first-order valence-corrected chi connectivity index (χ1v) is 5.95. The molecule has 19 heavy (non-hydrogen) atoms. The third kappa shape index (κ3) is 4.47. The van der Waals surface area contributed by atoms with E-state index < -0.39 is 17.6 Å². The molecule has 1 atom stereocenters. The van der Waals surface area contributed by atoms with Crippen LogP contribution in [0.5, 0.6) is 0 Å². The zero-order valence-corrected chi connectivity index (χ0v) is 10.8. The molecule has 0 radical (unpaired) electrons. The van der Waals surface area contributed by atoms with Gasteiger partial charge in [-0.05, 0) is 23.6 Å². The molecule has 1 aromatic carbocycles. The van der Waals surface area contributed by atoms with Gasteiger partial charge in [0.25, 0.3) is 0 Å². The average molecular weight is 279 g/mol. The highest BCUT2D eigenvalue weighted by molar-refractivity contribution is 5.27. The molecule has 0 heterocycles. The van der Waals surface area contributed by atoms with Crippen LogP contribution in [0.25, 0.3) is 0 Å². The molecule has 1 aromatic rings. The molecule has 0 saturated heterocycles. The van der Waals surface area contributed by atoms with Crippen LogP contribution in [0.2, 0.25) is 0 Å². The number of aliphatic hydroxyl groups is 1. The summed E-state index contributed by atoms with van der Waals surface area (Å²) in [6.07, 6.45) is -4.70. The average Bonchev–Trinajstić information content (AvgIpc) is 2.30. The van der Waals surface area contributed by atoms with Gasteiger partial charge in [-0.15, -0.1) is 0 Å². The van der Waals surface area contributed by atoms with Crippen molar-refractivity contribution in [3.63, 3.8) is 0 Å². The first kappa shape index (κ1) is 15.9. The van der Waals surface area contributed by atoms with Gasteiger partial charge in [-0.3, -0.25) is 0 Å². The molecule has 0 aliphatic carbocycles. The van der Waals surface area contributed by atoms with Crippen molar-refractivity contribution >= 4 is 0 Å². The van der Waals surface area contributed by atoms with E-state index in [0.29, 0.717) is 5.56 Å². The van der Waals surface area contributed by atoms with Gasteiger partial charge >= 0.3 is 6.18 Å². The maximum atomic E-state index is 13.1. The lowest BCUT2D eigenvalue weighted by Crippen LogP contribution is -2.36. The number of hydrogen-bond donors (Lipinski definition) is 2. The summed E-state index contributed by atoms with van der Waals surface area (Å²) in [4.78, 5) is 0. The normalized spacial score (nSPS) is 13.9. The molecule has 0 spiro atoms. The van der Waals surface area contributed by atoms with E-state index in [1.807, 2.05) is 13.8 Å². The van der Waals surface area contributed by atoms with Gasteiger partial charge in [-0.2, -0.15) is 13.2 Å². The summed E-state index contributed by atoms with van der Waals surface area (Å²) in [7, 11) is 0. The lowest BCUT2D eigenvalue weighted by Gasteiger charge is -2.20. The van der Waals surface area contributed by atoms with Crippen LogP contribution in [0.3, 0.4) is 0 Å². The van der Waals surface area contributed by atoms with Gasteiger partial charge in [0.05, 0.1) is 12.2 Å². The Morgan fingerprint density at radius 3 is 2.37 bits per heavy atom. The number of hydrogen-bond acceptors (Lipinski definition) is 2. The molecule has 0 amide bonds. The Kier molecular flexibility index (Phi) is 5.31. The summed E-state index contributed by atoms with van der Waals surface area (Å²) in [5.74, 6) is -1.13. The number of benzene rings is 1. The second-order valence-corrected chi connectivity index (χ2v) is 4.73. The second kappa shape index (κ2) is 6.34. The fourth-order valence-electron chi connectivity index (χ4n) is 1.66. The molecule has 0 aliphatic rings. The number of aliphatic hydroxyl groups excluding tert-OH is 1. The van der Waals surface area contributed by atoms with Crippen molar-refractivity contribution in [2.45, 2.75) is 32.6 Å². The fraction of sp³-hybridized carbons (Fsp3) is 0.538. The number of rotatable bonds is 5. The number of halogens is 4. The lowest BCUT2D eigenvalue weighted by molar-refractivity contribution is -0.140. The quantitative estimate of drug-likeness (QED) is 0.812. The highest BCUT2D eigenvalue weighted by atomic mass is 19.4. The minimum atomic E-state index is -4.70. The van der Waals surface area contributed by atoms with Crippen LogP contribution in [0, 0.1) is 11.7 Å². The topological polar surface area (TPSA) is 32.3 Å². The Bertz CT molecular complexity index is 418. The highest BCUT2D eigenvalue weighted by Gasteiger charge is 2.34. The number of alkyl halides is 3. The summed E-state index contributed by atoms with van der Waals surface area (Å²) in [5, 5.41) is 12.0. The molecule has 1 rings (SSSR count). The Labute approximate surface area is 109 Å². The van der Waals surface area contributed by atoms with Gasteiger partial charge in [0.1, 0.15) is 5.82 Å². The van der Waals surface area contributed by atoms with Crippen LogP contribution in [0.4, 0.5) is 17.6 Å². The van der Waals surface area contributed by atoms with Crippen molar-refractivity contribution in [2.24, 2.45) is 5.92 Å². The molecule has 0 unspecified atom stereocenters. The zero-order chi connectivity index (χ0) is 14.6. The van der Waals surface area contributed by atoms with Crippen LogP contribution in [0.1, 0.15) is 25.0 Å². The first-order chi connectivity index (χ1) is 8.75. The van der Waals surface area contributed by atoms with Gasteiger partial charge < -0.3 is 10.4 Å². The zero-order valence-electron chi connectivity index (χ0n) is 10.8. The van der Waals surface area contributed by atoms with Crippen LogP contribution in [0.15, 0.2) is 18.2 Å². The molecule has 0 fully saturated rings. The van der Waals surface area contributed by atoms with Crippen LogP contribution in [-0.2, 0) is 12.7 Å². The van der Waals surface area contributed by atoms with E-state index in [1.165, 1.54) is 6.07 Å². The molecule has 0 saturated carbocycles. The van der Waals surface area contributed by atoms with Crippen LogP contribution in [-0.4, -0.2) is 17.8 Å². The fourth-order valence-corrected chi connectivity index (χ4v) is 1.66. The summed E-state index contributed by atoms with van der Waals surface area (Å²) < 4.78 is 50.6. The molecule has 0 bridgehead atoms. The number of nitrogens with one attached hydrogen (secondary N) is 1.